The van der Waals surface area contributed by atoms with Gasteiger partial charge < -0.3 is 9.47 Å². The molecule has 1 heterocycles. The summed E-state index contributed by atoms with van der Waals surface area (Å²) in [5.74, 6) is -0.481. The molecule has 2 aromatic rings. The zero-order chi connectivity index (χ0) is 19.1. The first-order valence-corrected chi connectivity index (χ1v) is 9.17. The molecule has 0 spiro atoms. The van der Waals surface area contributed by atoms with Crippen molar-refractivity contribution in [3.63, 3.8) is 0 Å². The molecule has 1 aliphatic rings. The smallest absolute Gasteiger partial charge is 0.420 e. The van der Waals surface area contributed by atoms with E-state index in [-0.39, 0.29) is 34.5 Å². The van der Waals surface area contributed by atoms with Gasteiger partial charge in [-0.3, -0.25) is 4.31 Å². The van der Waals surface area contributed by atoms with Crippen LogP contribution in [0.25, 0.3) is 0 Å². The zero-order valence-corrected chi connectivity index (χ0v) is 15.0. The van der Waals surface area contributed by atoms with Crippen LogP contribution in [0, 0.1) is 0 Å². The van der Waals surface area contributed by atoms with Crippen molar-refractivity contribution in [2.24, 2.45) is 0 Å². The number of anilines is 1. The fourth-order valence-corrected chi connectivity index (χ4v) is 4.54. The topological polar surface area (TPSA) is 55.8 Å². The van der Waals surface area contributed by atoms with Crippen molar-refractivity contribution in [3.05, 3.63) is 47.0 Å². The van der Waals surface area contributed by atoms with Gasteiger partial charge in [-0.2, -0.15) is 13.2 Å². The third-order valence-electron chi connectivity index (χ3n) is 3.80. The van der Waals surface area contributed by atoms with E-state index in [1.165, 1.54) is 31.4 Å². The Morgan fingerprint density at radius 2 is 1.96 bits per heavy atom. The molecule has 10 heteroatoms. The molecule has 1 aliphatic heterocycles. The Morgan fingerprint density at radius 3 is 2.62 bits per heavy atom. The van der Waals surface area contributed by atoms with Crippen LogP contribution in [0.5, 0.6) is 11.5 Å². The van der Waals surface area contributed by atoms with Crippen LogP contribution in [0.3, 0.4) is 0 Å². The molecule has 0 N–H and O–H groups in total. The van der Waals surface area contributed by atoms with Crippen molar-refractivity contribution in [1.82, 2.24) is 0 Å². The van der Waals surface area contributed by atoms with Crippen LogP contribution in [0.1, 0.15) is 5.56 Å². The third-order valence-corrected chi connectivity index (χ3v) is 5.87. The second kappa shape index (κ2) is 6.55. The van der Waals surface area contributed by atoms with Gasteiger partial charge in [-0.05, 0) is 30.3 Å². The maximum atomic E-state index is 13.2. The summed E-state index contributed by atoms with van der Waals surface area (Å²) in [6.07, 6.45) is -4.67. The maximum absolute atomic E-state index is 13.2. The Balaban J connectivity index is 2.18. The monoisotopic (exact) mass is 407 g/mol. The summed E-state index contributed by atoms with van der Waals surface area (Å²) in [6.45, 7) is -0.367. The standard InChI is InChI=1S/C16H13ClF3NO4S/c1-24-13-6-5-10(17)9-14(13)26(22,23)21-7-8-25-15-11(16(18,19)20)3-2-4-12(15)21/h2-6,9H,7-8H2,1H3. The Bertz CT molecular complexity index is 947. The highest BCUT2D eigenvalue weighted by Gasteiger charge is 2.40. The molecule has 0 aliphatic carbocycles. The summed E-state index contributed by atoms with van der Waals surface area (Å²) in [4.78, 5) is -0.238. The number of alkyl halides is 3. The quantitative estimate of drug-likeness (QED) is 0.773. The largest absolute Gasteiger partial charge is 0.495 e. The van der Waals surface area contributed by atoms with Gasteiger partial charge in [0.25, 0.3) is 10.0 Å². The van der Waals surface area contributed by atoms with Crippen molar-refractivity contribution in [1.29, 1.82) is 0 Å². The third kappa shape index (κ3) is 3.16. The second-order valence-corrected chi connectivity index (χ2v) is 7.64. The molecule has 0 atom stereocenters. The van der Waals surface area contributed by atoms with Crippen molar-refractivity contribution < 1.29 is 31.1 Å². The summed E-state index contributed by atoms with van der Waals surface area (Å²) in [5.41, 5.74) is -1.22. The fourth-order valence-electron chi connectivity index (χ4n) is 2.67. The molecule has 0 fully saturated rings. The molecule has 5 nitrogen and oxygen atoms in total. The van der Waals surface area contributed by atoms with Crippen LogP contribution >= 0.6 is 11.6 Å². The highest BCUT2D eigenvalue weighted by molar-refractivity contribution is 7.93. The average Bonchev–Trinajstić information content (AvgIpc) is 2.59. The number of methoxy groups -OCH3 is 1. The van der Waals surface area contributed by atoms with Crippen molar-refractivity contribution in [3.8, 4) is 11.5 Å². The highest BCUT2D eigenvalue weighted by Crippen LogP contribution is 2.45. The number of ether oxygens (including phenoxy) is 2. The van der Waals surface area contributed by atoms with Gasteiger partial charge in [0.1, 0.15) is 17.3 Å². The molecule has 3 rings (SSSR count). The van der Waals surface area contributed by atoms with Crippen molar-refractivity contribution >= 4 is 27.3 Å². The SMILES string of the molecule is COc1ccc(Cl)cc1S(=O)(=O)N1CCOc2c1cccc2C(F)(F)F. The van der Waals surface area contributed by atoms with Gasteiger partial charge in [0, 0.05) is 5.02 Å². The van der Waals surface area contributed by atoms with Crippen LogP contribution in [-0.4, -0.2) is 28.7 Å². The molecule has 140 valence electrons. The summed E-state index contributed by atoms with van der Waals surface area (Å²) in [7, 11) is -2.94. The number of halogens is 4. The molecule has 0 unspecified atom stereocenters. The van der Waals surface area contributed by atoms with Gasteiger partial charge in [0.05, 0.1) is 24.9 Å². The number of hydrogen-bond acceptors (Lipinski definition) is 4. The zero-order valence-electron chi connectivity index (χ0n) is 13.4. The van der Waals surface area contributed by atoms with Crippen LogP contribution in [0.2, 0.25) is 5.02 Å². The van der Waals surface area contributed by atoms with E-state index in [1.54, 1.807) is 0 Å². The summed E-state index contributed by atoms with van der Waals surface area (Å²) >= 11 is 5.89. The molecule has 0 radical (unpaired) electrons. The van der Waals surface area contributed by atoms with Crippen molar-refractivity contribution in [2.75, 3.05) is 24.6 Å². The Morgan fingerprint density at radius 1 is 1.23 bits per heavy atom. The molecule has 0 saturated carbocycles. The van der Waals surface area contributed by atoms with Crippen molar-refractivity contribution in [2.45, 2.75) is 11.1 Å². The predicted octanol–water partition coefficient (Wildman–Crippen LogP) is 3.96. The van der Waals surface area contributed by atoms with Crippen LogP contribution < -0.4 is 13.8 Å². The minimum atomic E-state index is -4.67. The minimum absolute atomic E-state index is 0.0365. The van der Waals surface area contributed by atoms with Gasteiger partial charge >= 0.3 is 6.18 Å². The van der Waals surface area contributed by atoms with E-state index in [0.29, 0.717) is 0 Å². The molecule has 0 aromatic heterocycles. The van der Waals surface area contributed by atoms with E-state index < -0.39 is 27.5 Å². The van der Waals surface area contributed by atoms with E-state index in [4.69, 9.17) is 21.1 Å². The van der Waals surface area contributed by atoms with Gasteiger partial charge in [0.2, 0.25) is 0 Å². The number of nitrogens with zero attached hydrogens (tertiary/aromatic N) is 1. The van der Waals surface area contributed by atoms with Crippen LogP contribution in [-0.2, 0) is 16.2 Å². The normalized spacial score (nSPS) is 14.6. The van der Waals surface area contributed by atoms with E-state index in [1.807, 2.05) is 0 Å². The Labute approximate surface area is 152 Å². The summed E-state index contributed by atoms with van der Waals surface area (Å²) in [6, 6.07) is 7.26. The lowest BCUT2D eigenvalue weighted by atomic mass is 10.1. The number of fused-ring (bicyclic) bond motifs is 1. The fraction of sp³-hybridized carbons (Fsp3) is 0.250. The average molecular weight is 408 g/mol. The van der Waals surface area contributed by atoms with E-state index in [2.05, 4.69) is 0 Å². The number of rotatable bonds is 3. The maximum Gasteiger partial charge on any atom is 0.420 e. The van der Waals surface area contributed by atoms with E-state index in [0.717, 1.165) is 16.4 Å². The molecule has 2 aromatic carbocycles. The van der Waals surface area contributed by atoms with Crippen LogP contribution in [0.15, 0.2) is 41.3 Å². The molecular weight excluding hydrogens is 395 g/mol. The first-order chi connectivity index (χ1) is 12.2. The van der Waals surface area contributed by atoms with Gasteiger partial charge in [0.15, 0.2) is 5.75 Å². The molecule has 0 saturated heterocycles. The number of hydrogen-bond donors (Lipinski definition) is 0. The highest BCUT2D eigenvalue weighted by atomic mass is 35.5. The predicted molar refractivity (Wildman–Crippen MR) is 89.5 cm³/mol. The second-order valence-electron chi connectivity index (χ2n) is 5.37. The van der Waals surface area contributed by atoms with Crippen LogP contribution in [0.4, 0.5) is 18.9 Å². The molecule has 0 bridgehead atoms. The number of benzene rings is 2. The Kier molecular flexibility index (Phi) is 4.70. The van der Waals surface area contributed by atoms with Gasteiger partial charge in [-0.25, -0.2) is 8.42 Å². The van der Waals surface area contributed by atoms with E-state index >= 15 is 0 Å². The number of sulfonamides is 1. The summed E-state index contributed by atoms with van der Waals surface area (Å²) < 4.78 is 76.9. The molecular formula is C16H13ClF3NO4S. The van der Waals surface area contributed by atoms with E-state index in [9.17, 15) is 21.6 Å². The first kappa shape index (κ1) is 18.7. The lowest BCUT2D eigenvalue weighted by Gasteiger charge is -2.32. The lowest BCUT2D eigenvalue weighted by Crippen LogP contribution is -2.38. The molecule has 26 heavy (non-hydrogen) atoms. The van der Waals surface area contributed by atoms with Gasteiger partial charge in [-0.1, -0.05) is 17.7 Å². The first-order valence-electron chi connectivity index (χ1n) is 7.35. The number of para-hydroxylation sites is 1. The molecule has 0 amide bonds. The minimum Gasteiger partial charge on any atom is -0.495 e. The lowest BCUT2D eigenvalue weighted by molar-refractivity contribution is -0.139. The van der Waals surface area contributed by atoms with Gasteiger partial charge in [-0.15, -0.1) is 0 Å². The summed E-state index contributed by atoms with van der Waals surface area (Å²) in [5, 5.41) is 0.155. The Hall–Kier alpha value is -2.13.